The average Bonchev–Trinajstić information content (AvgIpc) is 3.32. The average molecular weight is 394 g/mol. The van der Waals surface area contributed by atoms with E-state index in [-0.39, 0.29) is 11.8 Å². The van der Waals surface area contributed by atoms with Crippen LogP contribution < -0.4 is 0 Å². The lowest BCUT2D eigenvalue weighted by atomic mass is 9.94. The molecule has 0 aromatic carbocycles. The fraction of sp³-hybridized carbons (Fsp3) is 0.722. The molecule has 2 saturated heterocycles. The topological polar surface area (TPSA) is 93.9 Å². The summed E-state index contributed by atoms with van der Waals surface area (Å²) in [6.07, 6.45) is 7.07. The molecule has 27 heavy (non-hydrogen) atoms. The molecule has 3 heterocycles. The van der Waals surface area contributed by atoms with Gasteiger partial charge in [0, 0.05) is 37.7 Å². The molecule has 8 nitrogen and oxygen atoms in total. The fourth-order valence-corrected chi connectivity index (χ4v) is 6.12. The van der Waals surface area contributed by atoms with Gasteiger partial charge in [-0.2, -0.15) is 9.46 Å². The molecular formula is C18H26N4O4S. The van der Waals surface area contributed by atoms with Gasteiger partial charge in [-0.25, -0.2) is 4.21 Å². The number of carbonyl (C=O) groups excluding carboxylic acids is 2. The monoisotopic (exact) mass is 394 g/mol. The first-order valence-electron chi connectivity index (χ1n) is 9.55. The Morgan fingerprint density at radius 2 is 2.11 bits per heavy atom. The maximum atomic E-state index is 12.9. The number of ether oxygens (including phenoxy) is 1. The van der Waals surface area contributed by atoms with Crippen molar-refractivity contribution in [3.63, 3.8) is 0 Å². The van der Waals surface area contributed by atoms with Crippen LogP contribution >= 0.6 is 0 Å². The van der Waals surface area contributed by atoms with Gasteiger partial charge in [0.25, 0.3) is 11.8 Å². The molecule has 1 aliphatic carbocycles. The third-order valence-corrected chi connectivity index (χ3v) is 7.88. The van der Waals surface area contributed by atoms with Gasteiger partial charge in [0.1, 0.15) is 0 Å². The minimum atomic E-state index is -2.48. The second kappa shape index (κ2) is 7.01. The molecule has 0 N–H and O–H groups in total. The van der Waals surface area contributed by atoms with Crippen molar-refractivity contribution in [2.24, 2.45) is 10.3 Å². The number of carbonyl (C=O) groups is 2. The number of aromatic nitrogens is 2. The molecule has 2 aliphatic heterocycles. The summed E-state index contributed by atoms with van der Waals surface area (Å²) in [5, 5.41) is 4.32. The predicted molar refractivity (Wildman–Crippen MR) is 99.8 cm³/mol. The largest absolute Gasteiger partial charge is 0.371 e. The van der Waals surface area contributed by atoms with Gasteiger partial charge in [-0.05, 0) is 31.6 Å². The molecule has 0 bridgehead atoms. The van der Waals surface area contributed by atoms with Gasteiger partial charge in [-0.3, -0.25) is 14.3 Å². The van der Waals surface area contributed by atoms with Gasteiger partial charge < -0.3 is 9.64 Å². The highest BCUT2D eigenvalue weighted by molar-refractivity contribution is 7.93. The third-order valence-electron chi connectivity index (χ3n) is 5.61. The maximum absolute atomic E-state index is 12.9. The lowest BCUT2D eigenvalue weighted by molar-refractivity contribution is -0.115. The van der Waals surface area contributed by atoms with Crippen LogP contribution in [0.2, 0.25) is 0 Å². The highest BCUT2D eigenvalue weighted by Gasteiger charge is 2.42. The number of hydrogen-bond acceptors (Lipinski definition) is 5. The van der Waals surface area contributed by atoms with Crippen molar-refractivity contribution in [1.29, 1.82) is 0 Å². The van der Waals surface area contributed by atoms with Crippen LogP contribution in [0.25, 0.3) is 0 Å². The van der Waals surface area contributed by atoms with Crippen LogP contribution in [0.3, 0.4) is 0 Å². The van der Waals surface area contributed by atoms with Crippen molar-refractivity contribution in [2.75, 3.05) is 31.2 Å². The van der Waals surface area contributed by atoms with Crippen LogP contribution in [-0.2, 0) is 25.8 Å². The predicted octanol–water partition coefficient (Wildman–Crippen LogP) is 1.31. The first-order chi connectivity index (χ1) is 12.9. The van der Waals surface area contributed by atoms with Gasteiger partial charge in [0.05, 0.1) is 40.2 Å². The molecule has 3 aliphatic rings. The molecule has 1 aromatic heterocycles. The highest BCUT2D eigenvalue weighted by atomic mass is 32.2. The zero-order chi connectivity index (χ0) is 19.1. The van der Waals surface area contributed by atoms with Gasteiger partial charge in [-0.15, -0.1) is 0 Å². The summed E-state index contributed by atoms with van der Waals surface area (Å²) in [5.41, 5.74) is 0.129. The molecule has 0 radical (unpaired) electrons. The van der Waals surface area contributed by atoms with Crippen LogP contribution in [0.4, 0.5) is 0 Å². The Balaban J connectivity index is 1.42. The number of nitrogens with zero attached hydrogens (tertiary/aromatic N) is 4. The highest BCUT2D eigenvalue weighted by Crippen LogP contribution is 2.33. The standard InChI is InChI=1S/C18H26N4O4S/c1-14(23)20-27(25)8-4-18(5-9-27)13-21(6-7-26-18)17(24)16-10-19-22(12-16)11-15-2-3-15/h10,12,15H,2-9,11,13H2,1H3. The summed E-state index contributed by atoms with van der Waals surface area (Å²) in [5.74, 6) is 0.971. The Morgan fingerprint density at radius 1 is 1.37 bits per heavy atom. The molecule has 1 aromatic rings. The van der Waals surface area contributed by atoms with Crippen LogP contribution in [0, 0.1) is 5.92 Å². The van der Waals surface area contributed by atoms with E-state index >= 15 is 0 Å². The quantitative estimate of drug-likeness (QED) is 0.771. The number of morpholine rings is 1. The molecular weight excluding hydrogens is 368 g/mol. The number of hydrogen-bond donors (Lipinski definition) is 0. The Hall–Kier alpha value is -1.74. The van der Waals surface area contributed by atoms with E-state index in [1.807, 2.05) is 15.8 Å². The Kier molecular flexibility index (Phi) is 4.84. The Morgan fingerprint density at radius 3 is 2.78 bits per heavy atom. The Bertz CT molecular complexity index is 852. The molecule has 1 spiro atoms. The van der Waals surface area contributed by atoms with E-state index < -0.39 is 15.3 Å². The second-order valence-electron chi connectivity index (χ2n) is 7.94. The third kappa shape index (κ3) is 4.24. The minimum absolute atomic E-state index is 0.0283. The minimum Gasteiger partial charge on any atom is -0.371 e. The summed E-state index contributed by atoms with van der Waals surface area (Å²) >= 11 is 0. The van der Waals surface area contributed by atoms with E-state index in [1.165, 1.54) is 19.8 Å². The first-order valence-corrected chi connectivity index (χ1v) is 11.4. The van der Waals surface area contributed by atoms with Crippen LogP contribution in [-0.4, -0.2) is 67.5 Å². The van der Waals surface area contributed by atoms with Crippen LogP contribution in [0.5, 0.6) is 0 Å². The lowest BCUT2D eigenvalue weighted by Crippen LogP contribution is -2.56. The van der Waals surface area contributed by atoms with Crippen molar-refractivity contribution in [1.82, 2.24) is 14.7 Å². The van der Waals surface area contributed by atoms with Gasteiger partial charge >= 0.3 is 0 Å². The van der Waals surface area contributed by atoms with E-state index in [0.29, 0.717) is 55.5 Å². The maximum Gasteiger partial charge on any atom is 0.257 e. The zero-order valence-corrected chi connectivity index (χ0v) is 16.4. The fourth-order valence-electron chi connectivity index (χ4n) is 3.89. The summed E-state index contributed by atoms with van der Waals surface area (Å²) in [6.45, 7) is 3.70. The summed E-state index contributed by atoms with van der Waals surface area (Å²) < 4.78 is 24.3. The van der Waals surface area contributed by atoms with E-state index in [1.54, 1.807) is 6.20 Å². The molecule has 2 amide bonds. The van der Waals surface area contributed by atoms with Crippen molar-refractivity contribution in [3.8, 4) is 0 Å². The molecule has 4 rings (SSSR count). The second-order valence-corrected chi connectivity index (χ2v) is 10.5. The van der Waals surface area contributed by atoms with Crippen molar-refractivity contribution < 1.29 is 18.5 Å². The Labute approximate surface area is 159 Å². The SMILES string of the molecule is CC(=O)N=S1(=O)CCC2(CC1)CN(C(=O)c1cnn(CC3CC3)c1)CCO2. The van der Waals surface area contributed by atoms with Crippen molar-refractivity contribution in [2.45, 2.75) is 44.8 Å². The molecule has 1 saturated carbocycles. The summed E-state index contributed by atoms with van der Waals surface area (Å²) in [7, 11) is -2.48. The lowest BCUT2D eigenvalue weighted by Gasteiger charge is -2.45. The molecule has 3 fully saturated rings. The van der Waals surface area contributed by atoms with E-state index in [4.69, 9.17) is 4.74 Å². The van der Waals surface area contributed by atoms with Gasteiger partial charge in [0.15, 0.2) is 0 Å². The first kappa shape index (κ1) is 18.6. The number of amides is 2. The molecule has 0 atom stereocenters. The molecule has 0 unspecified atom stereocenters. The van der Waals surface area contributed by atoms with Crippen molar-refractivity contribution in [3.05, 3.63) is 18.0 Å². The summed E-state index contributed by atoms with van der Waals surface area (Å²) in [4.78, 5) is 25.9. The number of rotatable bonds is 3. The van der Waals surface area contributed by atoms with Crippen molar-refractivity contribution >= 4 is 21.5 Å². The normalized spacial score (nSPS) is 31.1. The van der Waals surface area contributed by atoms with Gasteiger partial charge in [-0.1, -0.05) is 0 Å². The van der Waals surface area contributed by atoms with E-state index in [0.717, 1.165) is 6.54 Å². The molecule has 148 valence electrons. The van der Waals surface area contributed by atoms with Crippen LogP contribution in [0.15, 0.2) is 16.8 Å². The zero-order valence-electron chi connectivity index (χ0n) is 15.6. The smallest absolute Gasteiger partial charge is 0.257 e. The molecule has 9 heteroatoms. The summed E-state index contributed by atoms with van der Waals surface area (Å²) in [6, 6.07) is 0. The van der Waals surface area contributed by atoms with E-state index in [2.05, 4.69) is 9.46 Å². The van der Waals surface area contributed by atoms with Crippen LogP contribution in [0.1, 0.15) is 43.0 Å². The van der Waals surface area contributed by atoms with Gasteiger partial charge in [0.2, 0.25) is 0 Å². The van der Waals surface area contributed by atoms with E-state index in [9.17, 15) is 13.8 Å².